The van der Waals surface area contributed by atoms with Gasteiger partial charge in [0.15, 0.2) is 0 Å². The fourth-order valence-electron chi connectivity index (χ4n) is 3.14. The average molecular weight is 275 g/mol. The number of piperidine rings is 3. The summed E-state index contributed by atoms with van der Waals surface area (Å²) in [5.74, 6) is 0.329. The Morgan fingerprint density at radius 3 is 2.70 bits per heavy atom. The van der Waals surface area contributed by atoms with Gasteiger partial charge in [-0.3, -0.25) is 14.9 Å². The molecule has 6 heteroatoms. The van der Waals surface area contributed by atoms with Crippen molar-refractivity contribution in [2.45, 2.75) is 18.9 Å². The number of nitrogens with one attached hydrogen (secondary N) is 1. The Labute approximate surface area is 116 Å². The molecule has 3 heterocycles. The molecular weight excluding hydrogens is 258 g/mol. The summed E-state index contributed by atoms with van der Waals surface area (Å²) in [5, 5.41) is 13.8. The molecule has 1 aromatic carbocycles. The van der Waals surface area contributed by atoms with Crippen molar-refractivity contribution >= 4 is 11.6 Å². The minimum atomic E-state index is -0.481. The smallest absolute Gasteiger partial charge is 0.270 e. The zero-order valence-corrected chi connectivity index (χ0v) is 11.1. The quantitative estimate of drug-likeness (QED) is 0.668. The molecule has 106 valence electrons. The number of nitrogens with zero attached hydrogens (tertiary/aromatic N) is 2. The molecule has 0 radical (unpaired) electrons. The van der Waals surface area contributed by atoms with Gasteiger partial charge in [-0.2, -0.15) is 0 Å². The van der Waals surface area contributed by atoms with E-state index in [2.05, 4.69) is 10.2 Å². The molecule has 0 aromatic heterocycles. The summed E-state index contributed by atoms with van der Waals surface area (Å²) >= 11 is 0. The van der Waals surface area contributed by atoms with Gasteiger partial charge in [0.2, 0.25) is 0 Å². The van der Waals surface area contributed by atoms with Crippen molar-refractivity contribution in [3.63, 3.8) is 0 Å². The molecule has 0 aliphatic carbocycles. The van der Waals surface area contributed by atoms with E-state index >= 15 is 0 Å². The second-order valence-electron chi connectivity index (χ2n) is 5.53. The highest BCUT2D eigenvalue weighted by Crippen LogP contribution is 2.27. The summed E-state index contributed by atoms with van der Waals surface area (Å²) in [6, 6.07) is 6.05. The largest absolute Gasteiger partial charge is 0.348 e. The lowest BCUT2D eigenvalue weighted by molar-refractivity contribution is -0.384. The molecule has 3 fully saturated rings. The molecule has 0 saturated carbocycles. The number of fused-ring (bicyclic) bond motifs is 3. The van der Waals surface area contributed by atoms with Gasteiger partial charge in [0, 0.05) is 30.3 Å². The number of rotatable bonds is 3. The molecule has 4 rings (SSSR count). The minimum absolute atomic E-state index is 0.0495. The molecule has 3 aliphatic heterocycles. The van der Waals surface area contributed by atoms with Gasteiger partial charge in [0.1, 0.15) is 0 Å². The third-order valence-corrected chi connectivity index (χ3v) is 4.29. The first kappa shape index (κ1) is 13.1. The van der Waals surface area contributed by atoms with Crippen LogP contribution in [0.2, 0.25) is 0 Å². The molecule has 3 saturated heterocycles. The highest BCUT2D eigenvalue weighted by Gasteiger charge is 2.35. The Hall–Kier alpha value is -1.95. The van der Waals surface area contributed by atoms with Crippen molar-refractivity contribution in [3.8, 4) is 0 Å². The fraction of sp³-hybridized carbons (Fsp3) is 0.500. The molecule has 20 heavy (non-hydrogen) atoms. The summed E-state index contributed by atoms with van der Waals surface area (Å²) in [6.07, 6.45) is 2.25. The lowest BCUT2D eigenvalue weighted by atomic mass is 9.84. The monoisotopic (exact) mass is 275 g/mol. The van der Waals surface area contributed by atoms with Gasteiger partial charge in [-0.05, 0) is 37.9 Å². The molecule has 1 amide bonds. The van der Waals surface area contributed by atoms with Crippen molar-refractivity contribution in [3.05, 3.63) is 39.9 Å². The summed E-state index contributed by atoms with van der Waals surface area (Å²) in [6.45, 7) is 3.13. The predicted molar refractivity (Wildman–Crippen MR) is 73.5 cm³/mol. The Balaban J connectivity index is 1.70. The SMILES string of the molecule is O=C(NC1CN2CCC1CC2)c1cccc([N+](=O)[O-])c1. The Morgan fingerprint density at radius 2 is 2.10 bits per heavy atom. The average Bonchev–Trinajstić information content (AvgIpc) is 2.48. The van der Waals surface area contributed by atoms with E-state index in [1.165, 1.54) is 12.1 Å². The van der Waals surface area contributed by atoms with E-state index in [4.69, 9.17) is 0 Å². The topological polar surface area (TPSA) is 75.5 Å². The van der Waals surface area contributed by atoms with Crippen LogP contribution in [0, 0.1) is 16.0 Å². The van der Waals surface area contributed by atoms with Crippen LogP contribution in [-0.4, -0.2) is 41.4 Å². The predicted octanol–water partition coefficient (Wildman–Crippen LogP) is 1.42. The summed E-state index contributed by atoms with van der Waals surface area (Å²) < 4.78 is 0. The number of carbonyl (C=O) groups excluding carboxylic acids is 1. The van der Waals surface area contributed by atoms with Crippen LogP contribution >= 0.6 is 0 Å². The van der Waals surface area contributed by atoms with Crippen molar-refractivity contribution in [1.29, 1.82) is 0 Å². The van der Waals surface area contributed by atoms with E-state index in [1.54, 1.807) is 12.1 Å². The maximum atomic E-state index is 12.2. The van der Waals surface area contributed by atoms with Gasteiger partial charge in [-0.25, -0.2) is 0 Å². The van der Waals surface area contributed by atoms with Crippen molar-refractivity contribution in [2.24, 2.45) is 5.92 Å². The van der Waals surface area contributed by atoms with E-state index in [-0.39, 0.29) is 17.6 Å². The van der Waals surface area contributed by atoms with E-state index < -0.39 is 4.92 Å². The van der Waals surface area contributed by atoms with Gasteiger partial charge in [0.25, 0.3) is 11.6 Å². The Morgan fingerprint density at radius 1 is 1.35 bits per heavy atom. The van der Waals surface area contributed by atoms with Crippen molar-refractivity contribution < 1.29 is 9.72 Å². The van der Waals surface area contributed by atoms with Crippen LogP contribution in [0.5, 0.6) is 0 Å². The van der Waals surface area contributed by atoms with Crippen LogP contribution in [0.15, 0.2) is 24.3 Å². The molecule has 0 spiro atoms. The van der Waals surface area contributed by atoms with Crippen molar-refractivity contribution in [2.75, 3.05) is 19.6 Å². The van der Waals surface area contributed by atoms with E-state index in [0.717, 1.165) is 32.5 Å². The highest BCUT2D eigenvalue weighted by atomic mass is 16.6. The fourth-order valence-corrected chi connectivity index (χ4v) is 3.14. The first-order valence-electron chi connectivity index (χ1n) is 6.91. The number of non-ortho nitro benzene ring substituents is 1. The second kappa shape index (κ2) is 5.20. The van der Waals surface area contributed by atoms with Crippen molar-refractivity contribution in [1.82, 2.24) is 10.2 Å². The Kier molecular flexibility index (Phi) is 3.40. The van der Waals surface area contributed by atoms with Crippen LogP contribution in [0.25, 0.3) is 0 Å². The first-order valence-corrected chi connectivity index (χ1v) is 6.91. The molecule has 1 aromatic rings. The maximum Gasteiger partial charge on any atom is 0.270 e. The Bertz CT molecular complexity index is 538. The lowest BCUT2D eigenvalue weighted by Crippen LogP contribution is -2.57. The summed E-state index contributed by atoms with van der Waals surface area (Å²) in [7, 11) is 0. The number of carbonyl (C=O) groups is 1. The first-order chi connectivity index (χ1) is 9.63. The van der Waals surface area contributed by atoms with Gasteiger partial charge >= 0.3 is 0 Å². The second-order valence-corrected chi connectivity index (χ2v) is 5.53. The standard InChI is InChI=1S/C14H17N3O3/c18-14(11-2-1-3-12(8-11)17(19)20)15-13-9-16-6-4-10(13)5-7-16/h1-3,8,10,13H,4-7,9H2,(H,15,18). The highest BCUT2D eigenvalue weighted by molar-refractivity contribution is 5.95. The number of nitro benzene ring substituents is 1. The van der Waals surface area contributed by atoms with Crippen LogP contribution in [0.1, 0.15) is 23.2 Å². The number of benzene rings is 1. The van der Waals surface area contributed by atoms with E-state index in [9.17, 15) is 14.9 Å². The van der Waals surface area contributed by atoms with Crippen LogP contribution in [0.4, 0.5) is 5.69 Å². The van der Waals surface area contributed by atoms with E-state index in [0.29, 0.717) is 11.5 Å². The number of hydrogen-bond acceptors (Lipinski definition) is 4. The molecule has 2 bridgehead atoms. The zero-order valence-electron chi connectivity index (χ0n) is 11.1. The van der Waals surface area contributed by atoms with Gasteiger partial charge in [-0.1, -0.05) is 6.07 Å². The lowest BCUT2D eigenvalue weighted by Gasteiger charge is -2.44. The van der Waals surface area contributed by atoms with Crippen LogP contribution < -0.4 is 5.32 Å². The number of amides is 1. The van der Waals surface area contributed by atoms with Gasteiger partial charge < -0.3 is 10.2 Å². The minimum Gasteiger partial charge on any atom is -0.348 e. The summed E-state index contributed by atoms with van der Waals surface area (Å²) in [5.41, 5.74) is 0.308. The third-order valence-electron chi connectivity index (χ3n) is 4.29. The zero-order chi connectivity index (χ0) is 14.1. The van der Waals surface area contributed by atoms with Crippen LogP contribution in [0.3, 0.4) is 0 Å². The number of nitro groups is 1. The molecule has 1 unspecified atom stereocenters. The molecule has 3 aliphatic rings. The third kappa shape index (κ3) is 2.51. The van der Waals surface area contributed by atoms with Gasteiger partial charge in [0.05, 0.1) is 4.92 Å². The van der Waals surface area contributed by atoms with Gasteiger partial charge in [-0.15, -0.1) is 0 Å². The normalized spacial score (nSPS) is 28.1. The summed E-state index contributed by atoms with van der Waals surface area (Å²) in [4.78, 5) is 24.8. The van der Waals surface area contributed by atoms with Crippen LogP contribution in [-0.2, 0) is 0 Å². The molecule has 6 nitrogen and oxygen atoms in total. The van der Waals surface area contributed by atoms with E-state index in [1.807, 2.05) is 0 Å². The maximum absolute atomic E-state index is 12.2. The molecule has 1 atom stereocenters. The molecular formula is C14H17N3O3. The molecule has 1 N–H and O–H groups in total. The number of hydrogen-bond donors (Lipinski definition) is 1.